The second-order valence-electron chi connectivity index (χ2n) is 8.37. The van der Waals surface area contributed by atoms with Gasteiger partial charge in [-0.3, -0.25) is 5.32 Å². The fraction of sp³-hybridized carbons (Fsp3) is 0.500. The van der Waals surface area contributed by atoms with E-state index in [1.165, 1.54) is 12.0 Å². The molecule has 3 amide bonds. The maximum Gasteiger partial charge on any atom is 0.410 e. The Hall–Kier alpha value is -3.31. The molecule has 0 radical (unpaired) electrons. The first kappa shape index (κ1) is 23.4. The predicted octanol–water partition coefficient (Wildman–Crippen LogP) is 3.66. The number of piperidine rings is 1. The molecule has 0 spiro atoms. The van der Waals surface area contributed by atoms with Crippen molar-refractivity contribution in [1.82, 2.24) is 14.9 Å². The molecule has 12 heteroatoms. The molecule has 2 heterocycles. The summed E-state index contributed by atoms with van der Waals surface area (Å²) >= 11 is 0. The number of aromatic nitrogens is 2. The van der Waals surface area contributed by atoms with Crippen molar-refractivity contribution in [3.63, 3.8) is 0 Å². The van der Waals surface area contributed by atoms with Gasteiger partial charge in [-0.05, 0) is 39.5 Å². The van der Waals surface area contributed by atoms with E-state index in [9.17, 15) is 22.8 Å². The monoisotopic (exact) mass is 455 g/mol. The molecule has 1 aliphatic heterocycles. The number of halogens is 3. The summed E-state index contributed by atoms with van der Waals surface area (Å²) < 4.78 is 54.1. The maximum absolute atomic E-state index is 14.9. The highest BCUT2D eigenvalue weighted by atomic mass is 19.2. The zero-order valence-electron chi connectivity index (χ0n) is 18.1. The van der Waals surface area contributed by atoms with Gasteiger partial charge in [0.15, 0.2) is 23.3 Å². The molecule has 1 saturated heterocycles. The lowest BCUT2D eigenvalue weighted by Crippen LogP contribution is -2.41. The van der Waals surface area contributed by atoms with E-state index in [2.05, 4.69) is 15.3 Å². The minimum absolute atomic E-state index is 0.189. The molecule has 0 unspecified atom stereocenters. The molecule has 32 heavy (non-hydrogen) atoms. The van der Waals surface area contributed by atoms with Crippen LogP contribution < -0.4 is 15.8 Å². The molecule has 1 fully saturated rings. The minimum Gasteiger partial charge on any atom is -0.478 e. The number of urea groups is 1. The van der Waals surface area contributed by atoms with Crippen LogP contribution >= 0.6 is 0 Å². The van der Waals surface area contributed by atoms with Gasteiger partial charge in [-0.15, -0.1) is 0 Å². The van der Waals surface area contributed by atoms with Gasteiger partial charge >= 0.3 is 12.1 Å². The molecule has 0 aliphatic carbocycles. The summed E-state index contributed by atoms with van der Waals surface area (Å²) in [5, 5.41) is 2.18. The van der Waals surface area contributed by atoms with E-state index >= 15 is 0 Å². The Morgan fingerprint density at radius 2 is 1.69 bits per heavy atom. The number of amides is 3. The van der Waals surface area contributed by atoms with E-state index in [1.54, 1.807) is 20.8 Å². The van der Waals surface area contributed by atoms with E-state index in [0.29, 0.717) is 0 Å². The topological polar surface area (TPSA) is 120 Å². The Bertz CT molecular complexity index is 1070. The number of anilines is 1. The van der Waals surface area contributed by atoms with Gasteiger partial charge in [0, 0.05) is 18.7 Å². The van der Waals surface area contributed by atoms with Gasteiger partial charge in [0.2, 0.25) is 0 Å². The second kappa shape index (κ2) is 8.67. The number of benzene rings is 1. The molecule has 1 aliphatic rings. The van der Waals surface area contributed by atoms with Gasteiger partial charge < -0.3 is 20.1 Å². The van der Waals surface area contributed by atoms with E-state index in [1.807, 2.05) is 0 Å². The minimum atomic E-state index is -1.69. The van der Waals surface area contributed by atoms with Gasteiger partial charge in [-0.25, -0.2) is 32.7 Å². The first-order chi connectivity index (χ1) is 14.9. The number of ether oxygens (including phenoxy) is 2. The van der Waals surface area contributed by atoms with Crippen molar-refractivity contribution in [2.45, 2.75) is 45.1 Å². The number of nitrogens with two attached hydrogens (primary N) is 1. The molecule has 2 aromatic rings. The van der Waals surface area contributed by atoms with Crippen molar-refractivity contribution >= 4 is 29.0 Å². The highest BCUT2D eigenvalue weighted by molar-refractivity contribution is 5.90. The summed E-state index contributed by atoms with van der Waals surface area (Å²) in [7, 11) is 1.19. The van der Waals surface area contributed by atoms with Crippen LogP contribution in [0.4, 0.5) is 28.6 Å². The van der Waals surface area contributed by atoms with Crippen LogP contribution in [0.15, 0.2) is 0 Å². The van der Waals surface area contributed by atoms with Crippen LogP contribution in [0, 0.1) is 17.5 Å². The number of likely N-dealkylation sites (tertiary alicyclic amines) is 1. The first-order valence-corrected chi connectivity index (χ1v) is 9.89. The summed E-state index contributed by atoms with van der Waals surface area (Å²) in [5.74, 6) is -5.76. The number of fused-ring (bicyclic) bond motifs is 1. The van der Waals surface area contributed by atoms with Crippen LogP contribution in [-0.2, 0) is 4.74 Å². The molecule has 0 atom stereocenters. The molecule has 3 N–H and O–H groups in total. The van der Waals surface area contributed by atoms with E-state index < -0.39 is 46.6 Å². The Kier molecular flexibility index (Phi) is 6.33. The number of nitrogens with one attached hydrogen (secondary N) is 1. The molecule has 1 aromatic heterocycles. The lowest BCUT2D eigenvalue weighted by molar-refractivity contribution is 0.0204. The zero-order chi connectivity index (χ0) is 23.8. The summed E-state index contributed by atoms with van der Waals surface area (Å²) in [5.41, 5.74) is 3.45. The third kappa shape index (κ3) is 4.63. The highest BCUT2D eigenvalue weighted by Gasteiger charge is 2.33. The molecule has 1 aromatic carbocycles. The smallest absolute Gasteiger partial charge is 0.410 e. The Labute approximate surface area is 182 Å². The average Bonchev–Trinajstić information content (AvgIpc) is 2.71. The number of methoxy groups -OCH3 is 1. The van der Waals surface area contributed by atoms with E-state index in [4.69, 9.17) is 15.2 Å². The van der Waals surface area contributed by atoms with Crippen molar-refractivity contribution < 1.29 is 32.2 Å². The molecule has 3 rings (SSSR count). The number of carbonyl (C=O) groups excluding carboxylic acids is 2. The van der Waals surface area contributed by atoms with Gasteiger partial charge in [-0.1, -0.05) is 0 Å². The van der Waals surface area contributed by atoms with Crippen molar-refractivity contribution in [1.29, 1.82) is 0 Å². The van der Waals surface area contributed by atoms with Crippen molar-refractivity contribution in [2.75, 3.05) is 25.5 Å². The van der Waals surface area contributed by atoms with Gasteiger partial charge in [-0.2, -0.15) is 0 Å². The number of hydrogen-bond donors (Lipinski definition) is 2. The lowest BCUT2D eigenvalue weighted by atomic mass is 9.88. The molecule has 174 valence electrons. The van der Waals surface area contributed by atoms with E-state index in [0.717, 1.165) is 0 Å². The highest BCUT2D eigenvalue weighted by Crippen LogP contribution is 2.38. The largest absolute Gasteiger partial charge is 0.478 e. The van der Waals surface area contributed by atoms with E-state index in [-0.39, 0.29) is 48.7 Å². The van der Waals surface area contributed by atoms with Crippen molar-refractivity contribution in [3.8, 4) is 5.88 Å². The second-order valence-corrected chi connectivity index (χ2v) is 8.37. The SMILES string of the molecule is COc1nc2c(F)c(F)c(F)c(C3CCN(C(=O)OC(C)(C)C)CC3)c2nc1NC(N)=O. The molecular formula is C20H24F3N5O4. The van der Waals surface area contributed by atoms with Crippen LogP contribution in [-0.4, -0.2) is 52.8 Å². The maximum atomic E-state index is 14.9. The van der Waals surface area contributed by atoms with Crippen LogP contribution in [0.3, 0.4) is 0 Å². The number of carbonyl (C=O) groups is 2. The van der Waals surface area contributed by atoms with Gasteiger partial charge in [0.05, 0.1) is 7.11 Å². The Balaban J connectivity index is 2.01. The standard InChI is InChI=1S/C20H24F3N5O4/c1-20(2,3)32-19(30)28-7-5-9(6-8-28)10-11(21)12(22)13(23)15-14(10)25-16(27-18(24)29)17(26-15)31-4/h9H,5-8H2,1-4H3,(H3,24,25,27,29). The van der Waals surface area contributed by atoms with Crippen LogP contribution in [0.1, 0.15) is 45.1 Å². The van der Waals surface area contributed by atoms with Crippen molar-refractivity contribution in [3.05, 3.63) is 23.0 Å². The third-order valence-electron chi connectivity index (χ3n) is 4.94. The zero-order valence-corrected chi connectivity index (χ0v) is 18.1. The summed E-state index contributed by atoms with van der Waals surface area (Å²) in [6.07, 6.45) is -0.00494. The number of rotatable bonds is 3. The third-order valence-corrected chi connectivity index (χ3v) is 4.94. The summed E-state index contributed by atoms with van der Waals surface area (Å²) in [6, 6.07) is -0.993. The Morgan fingerprint density at radius 1 is 1.06 bits per heavy atom. The quantitative estimate of drug-likeness (QED) is 0.682. The molecule has 9 nitrogen and oxygen atoms in total. The van der Waals surface area contributed by atoms with Gasteiger partial charge in [0.25, 0.3) is 5.88 Å². The van der Waals surface area contributed by atoms with Crippen LogP contribution in [0.2, 0.25) is 0 Å². The Morgan fingerprint density at radius 3 is 2.22 bits per heavy atom. The van der Waals surface area contributed by atoms with Crippen molar-refractivity contribution in [2.24, 2.45) is 5.73 Å². The summed E-state index contributed by atoms with van der Waals surface area (Å²) in [4.78, 5) is 33.0. The molecule has 0 saturated carbocycles. The first-order valence-electron chi connectivity index (χ1n) is 9.89. The fourth-order valence-corrected chi connectivity index (χ4v) is 3.57. The number of primary amides is 1. The fourth-order valence-electron chi connectivity index (χ4n) is 3.57. The summed E-state index contributed by atoms with van der Waals surface area (Å²) in [6.45, 7) is 5.66. The van der Waals surface area contributed by atoms with Gasteiger partial charge in [0.1, 0.15) is 16.6 Å². The van der Waals surface area contributed by atoms with Crippen LogP contribution in [0.5, 0.6) is 5.88 Å². The normalized spacial score (nSPS) is 15.0. The predicted molar refractivity (Wildman–Crippen MR) is 109 cm³/mol. The average molecular weight is 455 g/mol. The molecular weight excluding hydrogens is 431 g/mol. The molecule has 0 bridgehead atoms. The number of nitrogens with zero attached hydrogens (tertiary/aromatic N) is 3. The lowest BCUT2D eigenvalue weighted by Gasteiger charge is -2.34. The van der Waals surface area contributed by atoms with Crippen LogP contribution in [0.25, 0.3) is 11.0 Å². The number of hydrogen-bond acceptors (Lipinski definition) is 6.